The molecule has 1 saturated heterocycles. The smallest absolute Gasteiger partial charge is 0.282 e. The van der Waals surface area contributed by atoms with Crippen LogP contribution in [0, 0.1) is 0 Å². The molecule has 1 fully saturated rings. The average molecular weight is 469 g/mol. The maximum absolute atomic E-state index is 12.8. The van der Waals surface area contributed by atoms with Crippen molar-refractivity contribution in [1.82, 2.24) is 5.43 Å². The molecular formula is C24H18Cl2N2O4. The second kappa shape index (κ2) is 9.34. The molecule has 0 spiro atoms. The molecule has 2 amide bonds. The lowest BCUT2D eigenvalue weighted by Gasteiger charge is -2.14. The number of amides is 2. The largest absolute Gasteiger partial charge is 0.493 e. The second-order valence-electron chi connectivity index (χ2n) is 6.92. The molecule has 1 aliphatic heterocycles. The Morgan fingerprint density at radius 1 is 1.00 bits per heavy atom. The van der Waals surface area contributed by atoms with Gasteiger partial charge in [0, 0.05) is 5.02 Å². The molecule has 0 unspecified atom stereocenters. The Bertz CT molecular complexity index is 1190. The third-order valence-electron chi connectivity index (χ3n) is 4.77. The summed E-state index contributed by atoms with van der Waals surface area (Å²) in [4.78, 5) is 25.2. The number of hydrogen-bond acceptors (Lipinski definition) is 4. The third kappa shape index (κ3) is 4.56. The van der Waals surface area contributed by atoms with Crippen LogP contribution in [-0.2, 0) is 16.2 Å². The van der Waals surface area contributed by atoms with E-state index in [1.165, 1.54) is 18.2 Å². The third-order valence-corrected chi connectivity index (χ3v) is 5.30. The molecule has 1 heterocycles. The fourth-order valence-electron chi connectivity index (χ4n) is 3.18. The van der Waals surface area contributed by atoms with Gasteiger partial charge in [-0.05, 0) is 53.6 Å². The monoisotopic (exact) mass is 468 g/mol. The number of halogens is 2. The standard InChI is InChI=1S/C24H18Cl2N2O4/c1-31-21-13-16(12-20(26)22(21)32-14-15-7-9-17(25)10-8-15)11-19-23(29)27-28(24(19)30)18-5-3-2-4-6-18/h2-13H,14H2,1H3,(H,27,29). The highest BCUT2D eigenvalue weighted by Crippen LogP contribution is 2.38. The highest BCUT2D eigenvalue weighted by atomic mass is 35.5. The summed E-state index contributed by atoms with van der Waals surface area (Å²) in [5, 5.41) is 2.13. The lowest BCUT2D eigenvalue weighted by Crippen LogP contribution is -2.35. The summed E-state index contributed by atoms with van der Waals surface area (Å²) in [5.41, 5.74) is 4.56. The summed E-state index contributed by atoms with van der Waals surface area (Å²) in [7, 11) is 1.49. The minimum atomic E-state index is -0.503. The van der Waals surface area contributed by atoms with Gasteiger partial charge < -0.3 is 9.47 Å². The van der Waals surface area contributed by atoms with Crippen LogP contribution in [0.3, 0.4) is 0 Å². The van der Waals surface area contributed by atoms with Gasteiger partial charge in [0.25, 0.3) is 11.8 Å². The van der Waals surface area contributed by atoms with Crippen molar-refractivity contribution in [2.45, 2.75) is 6.61 Å². The fraction of sp³-hybridized carbons (Fsp3) is 0.0833. The first-order valence-corrected chi connectivity index (χ1v) is 10.4. The zero-order chi connectivity index (χ0) is 22.7. The number of hydrazine groups is 1. The van der Waals surface area contributed by atoms with Crippen molar-refractivity contribution in [3.63, 3.8) is 0 Å². The van der Waals surface area contributed by atoms with Gasteiger partial charge in [-0.15, -0.1) is 0 Å². The van der Waals surface area contributed by atoms with Crippen LogP contribution >= 0.6 is 23.2 Å². The van der Waals surface area contributed by atoms with E-state index >= 15 is 0 Å². The lowest BCUT2D eigenvalue weighted by atomic mass is 10.1. The molecule has 0 bridgehead atoms. The Balaban J connectivity index is 1.58. The summed E-state index contributed by atoms with van der Waals surface area (Å²) in [6.45, 7) is 0.264. The van der Waals surface area contributed by atoms with Gasteiger partial charge in [-0.25, -0.2) is 5.01 Å². The minimum Gasteiger partial charge on any atom is -0.493 e. The lowest BCUT2D eigenvalue weighted by molar-refractivity contribution is -0.117. The number of ether oxygens (including phenoxy) is 2. The SMILES string of the molecule is COc1cc(C=C2C(=O)NN(c3ccccc3)C2=O)cc(Cl)c1OCc1ccc(Cl)cc1. The maximum Gasteiger partial charge on any atom is 0.282 e. The molecule has 3 aromatic carbocycles. The first-order valence-electron chi connectivity index (χ1n) is 9.63. The minimum absolute atomic E-state index is 0.0122. The molecular weight excluding hydrogens is 451 g/mol. The zero-order valence-electron chi connectivity index (χ0n) is 17.0. The number of para-hydroxylation sites is 1. The summed E-state index contributed by atoms with van der Waals surface area (Å²) in [6, 6.07) is 19.4. The van der Waals surface area contributed by atoms with E-state index in [4.69, 9.17) is 32.7 Å². The fourth-order valence-corrected chi connectivity index (χ4v) is 3.58. The van der Waals surface area contributed by atoms with Crippen molar-refractivity contribution in [3.8, 4) is 11.5 Å². The molecule has 1 N–H and O–H groups in total. The van der Waals surface area contributed by atoms with Crippen LogP contribution in [0.1, 0.15) is 11.1 Å². The predicted octanol–water partition coefficient (Wildman–Crippen LogP) is 5.04. The molecule has 4 rings (SSSR count). The molecule has 0 atom stereocenters. The molecule has 1 aliphatic rings. The van der Waals surface area contributed by atoms with E-state index in [1.807, 2.05) is 18.2 Å². The van der Waals surface area contributed by atoms with Gasteiger partial charge in [-0.2, -0.15) is 0 Å². The van der Waals surface area contributed by atoms with E-state index < -0.39 is 11.8 Å². The molecule has 0 saturated carbocycles. The van der Waals surface area contributed by atoms with Crippen molar-refractivity contribution in [3.05, 3.63) is 93.5 Å². The van der Waals surface area contributed by atoms with Gasteiger partial charge in [0.2, 0.25) is 0 Å². The van der Waals surface area contributed by atoms with Crippen LogP contribution in [0.5, 0.6) is 11.5 Å². The highest BCUT2D eigenvalue weighted by Gasteiger charge is 2.34. The van der Waals surface area contributed by atoms with Crippen LogP contribution in [0.2, 0.25) is 10.0 Å². The Labute approximate surface area is 194 Å². The second-order valence-corrected chi connectivity index (χ2v) is 7.77. The number of carbonyl (C=O) groups is 2. The Morgan fingerprint density at radius 3 is 2.41 bits per heavy atom. The number of carbonyl (C=O) groups excluding carboxylic acids is 2. The first-order chi connectivity index (χ1) is 15.5. The number of nitrogens with zero attached hydrogens (tertiary/aromatic N) is 1. The van der Waals surface area contributed by atoms with Gasteiger partial charge in [0.15, 0.2) is 11.5 Å². The van der Waals surface area contributed by atoms with Crippen LogP contribution in [0.15, 0.2) is 72.3 Å². The average Bonchev–Trinajstić information content (AvgIpc) is 3.08. The number of methoxy groups -OCH3 is 1. The Hall–Kier alpha value is -3.48. The van der Waals surface area contributed by atoms with Gasteiger partial charge in [-0.1, -0.05) is 53.5 Å². The number of rotatable bonds is 6. The first kappa shape index (κ1) is 21.7. The Morgan fingerprint density at radius 2 is 1.72 bits per heavy atom. The van der Waals surface area contributed by atoms with Crippen LogP contribution in [0.25, 0.3) is 6.08 Å². The zero-order valence-corrected chi connectivity index (χ0v) is 18.5. The quantitative estimate of drug-likeness (QED) is 0.406. The number of benzene rings is 3. The summed E-state index contributed by atoms with van der Waals surface area (Å²) >= 11 is 12.3. The van der Waals surface area contributed by atoms with E-state index in [9.17, 15) is 9.59 Å². The van der Waals surface area contributed by atoms with Gasteiger partial charge in [0.1, 0.15) is 12.2 Å². The summed E-state index contributed by atoms with van der Waals surface area (Å²) in [5.74, 6) is -0.222. The van der Waals surface area contributed by atoms with Gasteiger partial charge in [0.05, 0.1) is 17.8 Å². The topological polar surface area (TPSA) is 67.9 Å². The van der Waals surface area contributed by atoms with Crippen molar-refractivity contribution < 1.29 is 19.1 Å². The maximum atomic E-state index is 12.8. The molecule has 32 heavy (non-hydrogen) atoms. The molecule has 162 valence electrons. The van der Waals surface area contributed by atoms with E-state index in [-0.39, 0.29) is 17.2 Å². The van der Waals surface area contributed by atoms with Crippen molar-refractivity contribution >= 4 is 46.8 Å². The van der Waals surface area contributed by atoms with Gasteiger partial charge >= 0.3 is 0 Å². The number of hydrogen-bond donors (Lipinski definition) is 1. The molecule has 6 nitrogen and oxygen atoms in total. The van der Waals surface area contributed by atoms with Crippen LogP contribution < -0.4 is 19.9 Å². The van der Waals surface area contributed by atoms with Crippen LogP contribution in [-0.4, -0.2) is 18.9 Å². The molecule has 0 aromatic heterocycles. The summed E-state index contributed by atoms with van der Waals surface area (Å²) in [6.07, 6.45) is 1.47. The molecule has 8 heteroatoms. The Kier molecular flexibility index (Phi) is 6.35. The predicted molar refractivity (Wildman–Crippen MR) is 124 cm³/mol. The van der Waals surface area contributed by atoms with E-state index in [0.717, 1.165) is 5.56 Å². The van der Waals surface area contributed by atoms with E-state index in [2.05, 4.69) is 5.43 Å². The van der Waals surface area contributed by atoms with Crippen molar-refractivity contribution in [1.29, 1.82) is 0 Å². The molecule has 0 aliphatic carbocycles. The molecule has 3 aromatic rings. The normalized spacial score (nSPS) is 14.6. The number of nitrogens with one attached hydrogen (secondary N) is 1. The molecule has 0 radical (unpaired) electrons. The summed E-state index contributed by atoms with van der Waals surface area (Å²) < 4.78 is 11.3. The van der Waals surface area contributed by atoms with Crippen molar-refractivity contribution in [2.75, 3.05) is 12.1 Å². The van der Waals surface area contributed by atoms with Crippen molar-refractivity contribution in [2.24, 2.45) is 0 Å². The van der Waals surface area contributed by atoms with Gasteiger partial charge in [-0.3, -0.25) is 15.0 Å². The van der Waals surface area contributed by atoms with E-state index in [1.54, 1.807) is 48.5 Å². The highest BCUT2D eigenvalue weighted by molar-refractivity contribution is 6.33. The number of anilines is 1. The van der Waals surface area contributed by atoms with Crippen LogP contribution in [0.4, 0.5) is 5.69 Å². The van der Waals surface area contributed by atoms with E-state index in [0.29, 0.717) is 27.8 Å².